The van der Waals surface area contributed by atoms with Crippen molar-refractivity contribution in [3.8, 4) is 17.2 Å². The first-order valence-corrected chi connectivity index (χ1v) is 13.1. The normalized spacial score (nSPS) is 14.5. The lowest BCUT2D eigenvalue weighted by Gasteiger charge is -2.17. The molecular weight excluding hydrogens is 486 g/mol. The Morgan fingerprint density at radius 2 is 1.57 bits per heavy atom. The van der Waals surface area contributed by atoms with E-state index in [-0.39, 0.29) is 24.3 Å². The molecule has 0 atom stereocenters. The number of para-hydroxylation sites is 1. The molecule has 3 aromatic carbocycles. The van der Waals surface area contributed by atoms with Gasteiger partial charge in [0.15, 0.2) is 0 Å². The summed E-state index contributed by atoms with van der Waals surface area (Å²) in [4.78, 5) is 27.1. The summed E-state index contributed by atoms with van der Waals surface area (Å²) in [5, 5.41) is -0.293. The number of rotatable bonds is 11. The first kappa shape index (κ1) is 26.4. The Labute approximate surface area is 222 Å². The van der Waals surface area contributed by atoms with Gasteiger partial charge in [0.2, 0.25) is 0 Å². The fraction of sp³-hybridized carbons (Fsp3) is 0.267. The molecule has 1 fully saturated rings. The minimum Gasteiger partial charge on any atom is -0.491 e. The van der Waals surface area contributed by atoms with E-state index in [1.807, 2.05) is 67.6 Å². The monoisotopic (exact) mass is 517 g/mol. The number of nitrogens with zero attached hydrogens (tertiary/aromatic N) is 1. The smallest absolute Gasteiger partial charge is 0.293 e. The van der Waals surface area contributed by atoms with Crippen molar-refractivity contribution < 1.29 is 23.8 Å². The Hall–Kier alpha value is -3.71. The van der Waals surface area contributed by atoms with Crippen molar-refractivity contribution in [2.75, 3.05) is 26.4 Å². The van der Waals surface area contributed by atoms with Gasteiger partial charge in [-0.1, -0.05) is 56.3 Å². The molecule has 192 valence electrons. The van der Waals surface area contributed by atoms with Crippen molar-refractivity contribution in [2.45, 2.75) is 26.7 Å². The van der Waals surface area contributed by atoms with Crippen molar-refractivity contribution in [3.63, 3.8) is 0 Å². The highest BCUT2D eigenvalue weighted by molar-refractivity contribution is 8.18. The van der Waals surface area contributed by atoms with Gasteiger partial charge in [0, 0.05) is 0 Å². The van der Waals surface area contributed by atoms with Crippen LogP contribution in [-0.4, -0.2) is 42.4 Å². The summed E-state index contributed by atoms with van der Waals surface area (Å²) in [6, 6.07) is 23.1. The van der Waals surface area contributed by atoms with Crippen LogP contribution in [0.1, 0.15) is 36.5 Å². The lowest BCUT2D eigenvalue weighted by Crippen LogP contribution is -2.32. The SMILES string of the molecule is Cc1ccc(C(C)C)c(OCCN2C(=O)S/C(=C\c3cccc(OCCOc4ccccc4)c3)C2=O)c1. The van der Waals surface area contributed by atoms with E-state index in [1.165, 1.54) is 4.90 Å². The van der Waals surface area contributed by atoms with Crippen molar-refractivity contribution in [1.29, 1.82) is 0 Å². The lowest BCUT2D eigenvalue weighted by atomic mass is 10.0. The van der Waals surface area contributed by atoms with Crippen LogP contribution in [0.5, 0.6) is 17.2 Å². The summed E-state index contributed by atoms with van der Waals surface area (Å²) in [5.41, 5.74) is 2.99. The topological polar surface area (TPSA) is 65.1 Å². The standard InChI is InChI=1S/C30H31NO5S/c1-21(2)26-13-12-22(3)18-27(26)36-15-14-31-29(32)28(37-30(31)33)20-23-8-7-11-25(19-23)35-17-16-34-24-9-5-4-6-10-24/h4-13,18-21H,14-17H2,1-3H3/b28-20-. The predicted molar refractivity (Wildman–Crippen MR) is 147 cm³/mol. The van der Waals surface area contributed by atoms with Gasteiger partial charge in [-0.2, -0.15) is 0 Å². The minimum atomic E-state index is -0.311. The lowest BCUT2D eigenvalue weighted by molar-refractivity contribution is -0.123. The molecule has 1 saturated heterocycles. The van der Waals surface area contributed by atoms with Crippen LogP contribution in [0.25, 0.3) is 6.08 Å². The first-order chi connectivity index (χ1) is 17.9. The van der Waals surface area contributed by atoms with Crippen LogP contribution in [0.15, 0.2) is 77.7 Å². The number of thioether (sulfide) groups is 1. The molecule has 3 aromatic rings. The maximum atomic E-state index is 12.9. The molecule has 0 unspecified atom stereocenters. The maximum absolute atomic E-state index is 12.9. The van der Waals surface area contributed by atoms with Crippen molar-refractivity contribution >= 4 is 29.0 Å². The van der Waals surface area contributed by atoms with Gasteiger partial charge in [-0.05, 0) is 77.7 Å². The number of ether oxygens (including phenoxy) is 3. The summed E-state index contributed by atoms with van der Waals surface area (Å²) < 4.78 is 17.4. The average Bonchev–Trinajstić information content (AvgIpc) is 3.14. The zero-order chi connectivity index (χ0) is 26.2. The fourth-order valence-electron chi connectivity index (χ4n) is 3.86. The van der Waals surface area contributed by atoms with Gasteiger partial charge in [0.25, 0.3) is 11.1 Å². The van der Waals surface area contributed by atoms with Crippen LogP contribution in [-0.2, 0) is 4.79 Å². The van der Waals surface area contributed by atoms with Crippen LogP contribution in [0.4, 0.5) is 4.79 Å². The van der Waals surface area contributed by atoms with Crippen LogP contribution in [0, 0.1) is 6.92 Å². The van der Waals surface area contributed by atoms with Crippen molar-refractivity contribution in [3.05, 3.63) is 94.4 Å². The summed E-state index contributed by atoms with van der Waals surface area (Å²) in [7, 11) is 0. The number of hydrogen-bond acceptors (Lipinski definition) is 6. The molecular formula is C30H31NO5S. The van der Waals surface area contributed by atoms with Crippen LogP contribution in [0.3, 0.4) is 0 Å². The molecule has 0 saturated carbocycles. The molecule has 0 spiro atoms. The predicted octanol–water partition coefficient (Wildman–Crippen LogP) is 6.69. The highest BCUT2D eigenvalue weighted by Crippen LogP contribution is 2.33. The molecule has 1 aliphatic heterocycles. The number of benzene rings is 3. The third-order valence-electron chi connectivity index (χ3n) is 5.76. The molecule has 2 amide bonds. The molecule has 7 heteroatoms. The summed E-state index contributed by atoms with van der Waals surface area (Å²) in [6.07, 6.45) is 1.72. The number of hydrogen-bond donors (Lipinski definition) is 0. The largest absolute Gasteiger partial charge is 0.491 e. The van der Waals surface area contributed by atoms with E-state index < -0.39 is 0 Å². The van der Waals surface area contributed by atoms with E-state index >= 15 is 0 Å². The fourth-order valence-corrected chi connectivity index (χ4v) is 4.73. The third kappa shape index (κ3) is 7.17. The Morgan fingerprint density at radius 3 is 2.32 bits per heavy atom. The highest BCUT2D eigenvalue weighted by atomic mass is 32.2. The first-order valence-electron chi connectivity index (χ1n) is 12.3. The number of carbonyl (C=O) groups is 2. The van der Waals surface area contributed by atoms with E-state index in [0.29, 0.717) is 29.8 Å². The summed E-state index contributed by atoms with van der Waals surface area (Å²) in [5.74, 6) is 2.25. The van der Waals surface area contributed by atoms with E-state index in [0.717, 1.165) is 40.0 Å². The van der Waals surface area contributed by atoms with E-state index in [4.69, 9.17) is 14.2 Å². The van der Waals surface area contributed by atoms with Crippen molar-refractivity contribution in [2.24, 2.45) is 0 Å². The zero-order valence-corrected chi connectivity index (χ0v) is 22.1. The number of amides is 2. The Bertz CT molecular complexity index is 1270. The second-order valence-corrected chi connectivity index (χ2v) is 9.95. The molecule has 0 radical (unpaired) electrons. The molecule has 37 heavy (non-hydrogen) atoms. The quantitative estimate of drug-likeness (QED) is 0.209. The Kier molecular flexibility index (Phi) is 8.90. The second-order valence-electron chi connectivity index (χ2n) is 8.96. The second kappa shape index (κ2) is 12.5. The number of carbonyl (C=O) groups excluding carboxylic acids is 2. The van der Waals surface area contributed by atoms with Gasteiger partial charge in [-0.25, -0.2) is 0 Å². The van der Waals surface area contributed by atoms with Gasteiger partial charge in [-0.15, -0.1) is 0 Å². The molecule has 6 nitrogen and oxygen atoms in total. The molecule has 0 aromatic heterocycles. The highest BCUT2D eigenvalue weighted by Gasteiger charge is 2.34. The maximum Gasteiger partial charge on any atom is 0.293 e. The van der Waals surface area contributed by atoms with Gasteiger partial charge in [0.05, 0.1) is 11.4 Å². The van der Waals surface area contributed by atoms with Crippen LogP contribution in [0.2, 0.25) is 0 Å². The molecule has 0 aliphatic carbocycles. The Balaban J connectivity index is 1.32. The minimum absolute atomic E-state index is 0.193. The third-order valence-corrected chi connectivity index (χ3v) is 6.66. The van der Waals surface area contributed by atoms with Crippen molar-refractivity contribution in [1.82, 2.24) is 4.90 Å². The molecule has 4 rings (SSSR count). The molecule has 0 bridgehead atoms. The van der Waals surface area contributed by atoms with Gasteiger partial charge in [0.1, 0.15) is 37.1 Å². The summed E-state index contributed by atoms with van der Waals surface area (Å²) in [6.45, 7) is 7.46. The van der Waals surface area contributed by atoms with Crippen LogP contribution >= 0.6 is 11.8 Å². The Morgan fingerprint density at radius 1 is 0.838 bits per heavy atom. The summed E-state index contributed by atoms with van der Waals surface area (Å²) >= 11 is 0.941. The molecule has 1 heterocycles. The molecule has 0 N–H and O–H groups in total. The van der Waals surface area contributed by atoms with Gasteiger partial charge in [-0.3, -0.25) is 14.5 Å². The van der Waals surface area contributed by atoms with E-state index in [9.17, 15) is 9.59 Å². The van der Waals surface area contributed by atoms with Crippen LogP contribution < -0.4 is 14.2 Å². The van der Waals surface area contributed by atoms with E-state index in [1.54, 1.807) is 6.08 Å². The number of imide groups is 1. The average molecular weight is 518 g/mol. The number of aryl methyl sites for hydroxylation is 1. The molecule has 1 aliphatic rings. The van der Waals surface area contributed by atoms with Gasteiger partial charge >= 0.3 is 0 Å². The van der Waals surface area contributed by atoms with Gasteiger partial charge < -0.3 is 14.2 Å². The zero-order valence-electron chi connectivity index (χ0n) is 21.3. The van der Waals surface area contributed by atoms with E-state index in [2.05, 4.69) is 26.0 Å².